The molecule has 0 aromatic heterocycles. The first-order chi connectivity index (χ1) is 7.74. The number of nitrogens with zero attached hydrogens (tertiary/aromatic N) is 2. The molecule has 1 heterocycles. The molecule has 0 spiro atoms. The summed E-state index contributed by atoms with van der Waals surface area (Å²) in [7, 11) is 4.56. The summed E-state index contributed by atoms with van der Waals surface area (Å²) in [5.41, 5.74) is 0.438. The lowest BCUT2D eigenvalue weighted by Crippen LogP contribution is -2.13. The van der Waals surface area contributed by atoms with E-state index in [2.05, 4.69) is 11.1 Å². The van der Waals surface area contributed by atoms with Crippen LogP contribution in [0.3, 0.4) is 0 Å². The molecule has 0 N–H and O–H groups in total. The predicted octanol–water partition coefficient (Wildman–Crippen LogP) is 1.39. The van der Waals surface area contributed by atoms with E-state index in [1.54, 1.807) is 19.3 Å². The van der Waals surface area contributed by atoms with Crippen LogP contribution in [-0.2, 0) is 14.2 Å². The zero-order valence-electron chi connectivity index (χ0n) is 9.56. The second kappa shape index (κ2) is 5.93. The fourth-order valence-corrected chi connectivity index (χ4v) is 1.29. The molecule has 0 aliphatic carbocycles. The summed E-state index contributed by atoms with van der Waals surface area (Å²) in [6, 6.07) is 2.06. The lowest BCUT2D eigenvalue weighted by molar-refractivity contribution is 0.140. The molecule has 1 rings (SSSR count). The number of aliphatic imine (C=N–C) groups is 1. The largest absolute Gasteiger partial charge is 0.481 e. The summed E-state index contributed by atoms with van der Waals surface area (Å²) in [5.74, 6) is 0.650. The third-order valence-electron chi connectivity index (χ3n) is 2.17. The van der Waals surface area contributed by atoms with Gasteiger partial charge in [-0.25, -0.2) is 0 Å². The highest BCUT2D eigenvalue weighted by molar-refractivity contribution is 5.88. The molecule has 0 fully saturated rings. The van der Waals surface area contributed by atoms with Crippen molar-refractivity contribution in [2.24, 2.45) is 4.99 Å². The van der Waals surface area contributed by atoms with E-state index in [0.717, 1.165) is 0 Å². The van der Waals surface area contributed by atoms with Crippen LogP contribution in [0, 0.1) is 11.3 Å². The molecule has 0 aromatic rings. The minimum Gasteiger partial charge on any atom is -0.481 e. The van der Waals surface area contributed by atoms with Gasteiger partial charge in [0.15, 0.2) is 0 Å². The number of methoxy groups -OCH3 is 3. The monoisotopic (exact) mass is 222 g/mol. The van der Waals surface area contributed by atoms with Crippen molar-refractivity contribution in [3.05, 3.63) is 23.6 Å². The van der Waals surface area contributed by atoms with Crippen LogP contribution in [0.5, 0.6) is 0 Å². The lowest BCUT2D eigenvalue weighted by atomic mass is 10.1. The summed E-state index contributed by atoms with van der Waals surface area (Å²) >= 11 is 0. The maximum atomic E-state index is 9.00. The zero-order valence-corrected chi connectivity index (χ0v) is 9.56. The van der Waals surface area contributed by atoms with Crippen molar-refractivity contribution in [3.8, 4) is 6.07 Å². The third-order valence-corrected chi connectivity index (χ3v) is 2.17. The molecule has 0 bridgehead atoms. The van der Waals surface area contributed by atoms with Crippen molar-refractivity contribution in [3.63, 3.8) is 0 Å². The van der Waals surface area contributed by atoms with E-state index in [9.17, 15) is 0 Å². The highest BCUT2D eigenvalue weighted by Gasteiger charge is 2.16. The number of rotatable bonds is 2. The molecule has 0 radical (unpaired) electrons. The quantitative estimate of drug-likeness (QED) is 0.708. The van der Waals surface area contributed by atoms with Crippen LogP contribution < -0.4 is 0 Å². The highest BCUT2D eigenvalue weighted by atomic mass is 16.5. The van der Waals surface area contributed by atoms with Crippen molar-refractivity contribution in [2.75, 3.05) is 21.3 Å². The second-order valence-corrected chi connectivity index (χ2v) is 3.09. The van der Waals surface area contributed by atoms with Crippen LogP contribution in [0.15, 0.2) is 28.6 Å². The molecule has 1 atom stereocenters. The molecule has 0 amide bonds. The summed E-state index contributed by atoms with van der Waals surface area (Å²) in [6.07, 6.45) is 3.75. The van der Waals surface area contributed by atoms with Gasteiger partial charge in [0.05, 0.1) is 25.9 Å². The predicted molar refractivity (Wildman–Crippen MR) is 58.6 cm³/mol. The van der Waals surface area contributed by atoms with Gasteiger partial charge in [-0.1, -0.05) is 6.08 Å². The van der Waals surface area contributed by atoms with Crippen LogP contribution in [-0.4, -0.2) is 33.3 Å². The van der Waals surface area contributed by atoms with E-state index < -0.39 is 0 Å². The van der Waals surface area contributed by atoms with Crippen LogP contribution in [0.2, 0.25) is 0 Å². The van der Waals surface area contributed by atoms with Gasteiger partial charge in [-0.05, 0) is 6.08 Å². The molecule has 16 heavy (non-hydrogen) atoms. The van der Waals surface area contributed by atoms with Gasteiger partial charge in [-0.15, -0.1) is 0 Å². The highest BCUT2D eigenvalue weighted by Crippen LogP contribution is 2.18. The molecule has 1 unspecified atom stereocenters. The van der Waals surface area contributed by atoms with Gasteiger partial charge < -0.3 is 14.2 Å². The summed E-state index contributed by atoms with van der Waals surface area (Å²) in [5, 5.41) is 9.00. The standard InChI is InChI=1S/C11H14N2O3/c1-14-9-4-5-10(15-2)13-11(16-3)8(6-9)7-12/h4-5,9H,6H2,1-3H3/b5-4-,11-8-,13-10+. The fourth-order valence-electron chi connectivity index (χ4n) is 1.29. The number of hydrogen-bond acceptors (Lipinski definition) is 5. The first-order valence-corrected chi connectivity index (χ1v) is 4.76. The average molecular weight is 222 g/mol. The minimum atomic E-state index is -0.180. The Hall–Kier alpha value is -1.80. The van der Waals surface area contributed by atoms with Crippen LogP contribution in [0.25, 0.3) is 0 Å². The van der Waals surface area contributed by atoms with Crippen LogP contribution in [0.4, 0.5) is 0 Å². The Kier molecular flexibility index (Phi) is 4.55. The molecule has 0 aromatic carbocycles. The van der Waals surface area contributed by atoms with E-state index in [1.807, 2.05) is 0 Å². The number of ether oxygens (including phenoxy) is 3. The third kappa shape index (κ3) is 2.84. The SMILES string of the molecule is COC1=C(\C#N)CC(OC)\C=C/C(OC)=N\1. The van der Waals surface area contributed by atoms with Gasteiger partial charge in [0, 0.05) is 13.5 Å². The van der Waals surface area contributed by atoms with E-state index in [4.69, 9.17) is 19.5 Å². The Balaban J connectivity index is 3.15. The van der Waals surface area contributed by atoms with Crippen molar-refractivity contribution >= 4 is 5.90 Å². The Morgan fingerprint density at radius 1 is 1.38 bits per heavy atom. The fraction of sp³-hybridized carbons (Fsp3) is 0.455. The minimum absolute atomic E-state index is 0.180. The van der Waals surface area contributed by atoms with E-state index in [1.165, 1.54) is 14.2 Å². The maximum absolute atomic E-state index is 9.00. The van der Waals surface area contributed by atoms with Gasteiger partial charge in [-0.3, -0.25) is 0 Å². The molecule has 5 heteroatoms. The van der Waals surface area contributed by atoms with E-state index >= 15 is 0 Å². The molecule has 1 aliphatic heterocycles. The Morgan fingerprint density at radius 3 is 2.62 bits per heavy atom. The number of hydrogen-bond donors (Lipinski definition) is 0. The Morgan fingerprint density at radius 2 is 2.12 bits per heavy atom. The van der Waals surface area contributed by atoms with Gasteiger partial charge in [-0.2, -0.15) is 10.3 Å². The molecule has 1 aliphatic rings. The van der Waals surface area contributed by atoms with E-state index in [0.29, 0.717) is 17.9 Å². The summed E-state index contributed by atoms with van der Waals surface area (Å²) < 4.78 is 15.3. The molecular formula is C11H14N2O3. The zero-order chi connectivity index (χ0) is 12.0. The topological polar surface area (TPSA) is 63.8 Å². The van der Waals surface area contributed by atoms with Crippen molar-refractivity contribution in [1.82, 2.24) is 0 Å². The van der Waals surface area contributed by atoms with E-state index in [-0.39, 0.29) is 12.0 Å². The van der Waals surface area contributed by atoms with Crippen LogP contribution >= 0.6 is 0 Å². The van der Waals surface area contributed by atoms with Gasteiger partial charge in [0.2, 0.25) is 11.8 Å². The second-order valence-electron chi connectivity index (χ2n) is 3.09. The Labute approximate surface area is 94.6 Å². The van der Waals surface area contributed by atoms with Crippen LogP contribution in [0.1, 0.15) is 6.42 Å². The summed E-state index contributed by atoms with van der Waals surface area (Å²) in [6.45, 7) is 0. The molecule has 5 nitrogen and oxygen atoms in total. The van der Waals surface area contributed by atoms with Gasteiger partial charge in [0.1, 0.15) is 6.07 Å². The van der Waals surface area contributed by atoms with Crippen molar-refractivity contribution < 1.29 is 14.2 Å². The van der Waals surface area contributed by atoms with Crippen molar-refractivity contribution in [1.29, 1.82) is 5.26 Å². The van der Waals surface area contributed by atoms with Gasteiger partial charge >= 0.3 is 0 Å². The smallest absolute Gasteiger partial charge is 0.230 e. The molecule has 0 saturated carbocycles. The average Bonchev–Trinajstić information content (AvgIpc) is 2.30. The molecule has 0 saturated heterocycles. The summed E-state index contributed by atoms with van der Waals surface area (Å²) in [4.78, 5) is 4.08. The first kappa shape index (κ1) is 12.3. The first-order valence-electron chi connectivity index (χ1n) is 4.76. The molecular weight excluding hydrogens is 208 g/mol. The number of nitriles is 1. The maximum Gasteiger partial charge on any atom is 0.230 e. The lowest BCUT2D eigenvalue weighted by Gasteiger charge is -2.14. The normalized spacial score (nSPS) is 30.4. The van der Waals surface area contributed by atoms with Gasteiger partial charge in [0.25, 0.3) is 0 Å². The molecule has 86 valence electrons. The van der Waals surface area contributed by atoms with Crippen molar-refractivity contribution in [2.45, 2.75) is 12.5 Å². The Bertz CT molecular complexity index is 377.